The third-order valence-electron chi connectivity index (χ3n) is 2.96. The van der Waals surface area contributed by atoms with E-state index in [-0.39, 0.29) is 11.8 Å². The van der Waals surface area contributed by atoms with Gasteiger partial charge in [0.15, 0.2) is 0 Å². The maximum Gasteiger partial charge on any atom is 0.387 e. The Morgan fingerprint density at radius 1 is 1.00 bits per heavy atom. The minimum atomic E-state index is -2.81. The van der Waals surface area contributed by atoms with Crippen LogP contribution in [0, 0.1) is 0 Å². The largest absolute Gasteiger partial charge is 0.435 e. The molecule has 0 spiro atoms. The summed E-state index contributed by atoms with van der Waals surface area (Å²) >= 11 is 0. The van der Waals surface area contributed by atoms with Gasteiger partial charge in [0.05, 0.1) is 6.04 Å². The quantitative estimate of drug-likeness (QED) is 0.862. The smallest absolute Gasteiger partial charge is 0.387 e. The maximum absolute atomic E-state index is 12.3. The second-order valence-electron chi connectivity index (χ2n) is 4.35. The first-order valence-electron chi connectivity index (χ1n) is 6.53. The van der Waals surface area contributed by atoms with Crippen LogP contribution < -0.4 is 10.1 Å². The fraction of sp³-hybridized carbons (Fsp3) is 0.250. The van der Waals surface area contributed by atoms with E-state index in [1.54, 1.807) is 12.1 Å². The van der Waals surface area contributed by atoms with Gasteiger partial charge >= 0.3 is 6.61 Å². The van der Waals surface area contributed by atoms with E-state index >= 15 is 0 Å². The number of ether oxygens (including phenoxy) is 1. The van der Waals surface area contributed by atoms with Crippen molar-refractivity contribution in [3.05, 3.63) is 65.7 Å². The Bertz CT molecular complexity index is 531. The topological polar surface area (TPSA) is 21.3 Å². The van der Waals surface area contributed by atoms with E-state index < -0.39 is 6.61 Å². The first-order valence-corrected chi connectivity index (χ1v) is 6.53. The van der Waals surface area contributed by atoms with Crippen molar-refractivity contribution in [2.24, 2.45) is 0 Å². The molecule has 2 aromatic rings. The van der Waals surface area contributed by atoms with Gasteiger partial charge in [-0.15, -0.1) is 0 Å². The summed E-state index contributed by atoms with van der Waals surface area (Å²) in [6.07, 6.45) is 0. The summed E-state index contributed by atoms with van der Waals surface area (Å²) < 4.78 is 29.0. The molecule has 0 aliphatic rings. The Kier molecular flexibility index (Phi) is 5.07. The van der Waals surface area contributed by atoms with E-state index in [1.165, 1.54) is 6.07 Å². The van der Waals surface area contributed by atoms with Crippen molar-refractivity contribution in [3.8, 4) is 5.75 Å². The van der Waals surface area contributed by atoms with Gasteiger partial charge in [0, 0.05) is 0 Å². The minimum absolute atomic E-state index is 0.0394. The molecule has 0 radical (unpaired) electrons. The Morgan fingerprint density at radius 2 is 1.70 bits per heavy atom. The Morgan fingerprint density at radius 3 is 2.35 bits per heavy atom. The second kappa shape index (κ2) is 7.01. The fourth-order valence-corrected chi connectivity index (χ4v) is 2.15. The number of hydrogen-bond donors (Lipinski definition) is 1. The molecule has 0 heterocycles. The van der Waals surface area contributed by atoms with Crippen molar-refractivity contribution in [3.63, 3.8) is 0 Å². The van der Waals surface area contributed by atoms with Crippen LogP contribution in [0.5, 0.6) is 5.75 Å². The number of alkyl halides is 2. The van der Waals surface area contributed by atoms with Crippen molar-refractivity contribution in [2.75, 3.05) is 6.54 Å². The number of halogens is 2. The molecule has 2 aromatic carbocycles. The lowest BCUT2D eigenvalue weighted by molar-refractivity contribution is -0.0498. The molecule has 0 aliphatic carbocycles. The van der Waals surface area contributed by atoms with Crippen LogP contribution in [0.4, 0.5) is 8.78 Å². The molecule has 1 unspecified atom stereocenters. The van der Waals surface area contributed by atoms with E-state index in [0.29, 0.717) is 0 Å². The molecule has 0 saturated heterocycles. The van der Waals surface area contributed by atoms with Gasteiger partial charge in [0.1, 0.15) is 5.75 Å². The number of benzene rings is 2. The van der Waals surface area contributed by atoms with Crippen LogP contribution in [0.25, 0.3) is 0 Å². The summed E-state index contributed by atoms with van der Waals surface area (Å²) in [5.41, 5.74) is 1.99. The third kappa shape index (κ3) is 3.78. The lowest BCUT2D eigenvalue weighted by atomic mass is 9.98. The van der Waals surface area contributed by atoms with Gasteiger partial charge in [-0.25, -0.2) is 0 Å². The van der Waals surface area contributed by atoms with Crippen LogP contribution in [-0.4, -0.2) is 13.2 Å². The average Bonchev–Trinajstić information content (AvgIpc) is 2.45. The molecule has 1 N–H and O–H groups in total. The Balaban J connectivity index is 2.30. The normalized spacial score (nSPS) is 12.4. The van der Waals surface area contributed by atoms with Gasteiger partial charge in [-0.3, -0.25) is 0 Å². The van der Waals surface area contributed by atoms with Crippen molar-refractivity contribution in [2.45, 2.75) is 19.6 Å². The van der Waals surface area contributed by atoms with Crippen LogP contribution in [-0.2, 0) is 0 Å². The molecule has 0 bridgehead atoms. The van der Waals surface area contributed by atoms with E-state index in [4.69, 9.17) is 0 Å². The summed E-state index contributed by atoms with van der Waals surface area (Å²) in [6.45, 7) is -0.0193. The molecule has 20 heavy (non-hydrogen) atoms. The van der Waals surface area contributed by atoms with Crippen molar-refractivity contribution in [1.29, 1.82) is 0 Å². The van der Waals surface area contributed by atoms with Crippen LogP contribution in [0.15, 0.2) is 54.6 Å². The second-order valence-corrected chi connectivity index (χ2v) is 4.35. The van der Waals surface area contributed by atoms with Gasteiger partial charge in [0.25, 0.3) is 0 Å². The number of nitrogens with one attached hydrogen (secondary N) is 1. The lowest BCUT2D eigenvalue weighted by Gasteiger charge is -2.19. The van der Waals surface area contributed by atoms with Gasteiger partial charge in [-0.2, -0.15) is 8.78 Å². The first-order chi connectivity index (χ1) is 9.70. The Hall–Kier alpha value is -1.94. The summed E-state index contributed by atoms with van der Waals surface area (Å²) in [6, 6.07) is 16.6. The molecule has 2 rings (SSSR count). The Labute approximate surface area is 117 Å². The van der Waals surface area contributed by atoms with E-state index in [0.717, 1.165) is 17.7 Å². The average molecular weight is 277 g/mol. The molecule has 2 nitrogen and oxygen atoms in total. The van der Waals surface area contributed by atoms with Crippen molar-refractivity contribution >= 4 is 0 Å². The number of hydrogen-bond acceptors (Lipinski definition) is 2. The molecule has 106 valence electrons. The highest BCUT2D eigenvalue weighted by Crippen LogP contribution is 2.25. The molecular formula is C16H17F2NO. The van der Waals surface area contributed by atoms with Gasteiger partial charge in [-0.05, 0) is 29.8 Å². The number of rotatable bonds is 6. The SMILES string of the molecule is CCNC(c1ccccc1)c1cccc(OC(F)F)c1. The predicted molar refractivity (Wildman–Crippen MR) is 75.0 cm³/mol. The van der Waals surface area contributed by atoms with Gasteiger partial charge in [0.2, 0.25) is 0 Å². The lowest BCUT2D eigenvalue weighted by Crippen LogP contribution is -2.22. The molecular weight excluding hydrogens is 260 g/mol. The molecule has 1 atom stereocenters. The highest BCUT2D eigenvalue weighted by atomic mass is 19.3. The van der Waals surface area contributed by atoms with E-state index in [9.17, 15) is 8.78 Å². The summed E-state index contributed by atoms with van der Waals surface area (Å²) in [4.78, 5) is 0. The zero-order chi connectivity index (χ0) is 14.4. The minimum Gasteiger partial charge on any atom is -0.435 e. The highest BCUT2D eigenvalue weighted by molar-refractivity contribution is 5.36. The first kappa shape index (κ1) is 14.5. The van der Waals surface area contributed by atoms with Crippen LogP contribution in [0.2, 0.25) is 0 Å². The van der Waals surface area contributed by atoms with Crippen molar-refractivity contribution < 1.29 is 13.5 Å². The predicted octanol–water partition coefficient (Wildman–Crippen LogP) is 3.99. The van der Waals surface area contributed by atoms with Crippen LogP contribution in [0.3, 0.4) is 0 Å². The highest BCUT2D eigenvalue weighted by Gasteiger charge is 2.14. The monoisotopic (exact) mass is 277 g/mol. The maximum atomic E-state index is 12.3. The van der Waals surface area contributed by atoms with Gasteiger partial charge in [-0.1, -0.05) is 49.4 Å². The van der Waals surface area contributed by atoms with Crippen LogP contribution in [0.1, 0.15) is 24.1 Å². The summed E-state index contributed by atoms with van der Waals surface area (Å²) in [5, 5.41) is 3.35. The van der Waals surface area contributed by atoms with Crippen LogP contribution >= 0.6 is 0 Å². The molecule has 4 heteroatoms. The molecule has 0 amide bonds. The third-order valence-corrected chi connectivity index (χ3v) is 2.96. The fourth-order valence-electron chi connectivity index (χ4n) is 2.15. The summed E-state index contributed by atoms with van der Waals surface area (Å²) in [5.74, 6) is 0.177. The van der Waals surface area contributed by atoms with E-state index in [1.807, 2.05) is 43.3 Å². The van der Waals surface area contributed by atoms with E-state index in [2.05, 4.69) is 10.1 Å². The molecule has 0 fully saturated rings. The van der Waals surface area contributed by atoms with Crippen molar-refractivity contribution in [1.82, 2.24) is 5.32 Å². The molecule has 0 saturated carbocycles. The molecule has 0 aromatic heterocycles. The standard InChI is InChI=1S/C16H17F2NO/c1-2-19-15(12-7-4-3-5-8-12)13-9-6-10-14(11-13)20-16(17)18/h3-11,15-16,19H,2H2,1H3. The zero-order valence-corrected chi connectivity index (χ0v) is 11.2. The van der Waals surface area contributed by atoms with Gasteiger partial charge < -0.3 is 10.1 Å². The summed E-state index contributed by atoms with van der Waals surface area (Å²) in [7, 11) is 0. The molecule has 0 aliphatic heterocycles. The zero-order valence-electron chi connectivity index (χ0n) is 11.2.